The second kappa shape index (κ2) is 8.94. The van der Waals surface area contributed by atoms with Gasteiger partial charge in [-0.2, -0.15) is 0 Å². The monoisotopic (exact) mass is 467 g/mol. The first-order chi connectivity index (χ1) is 15.3. The number of hydrogen-bond donors (Lipinski definition) is 1. The van der Waals surface area contributed by atoms with Crippen LogP contribution in [0.25, 0.3) is 10.2 Å². The molecule has 0 saturated carbocycles. The number of para-hydroxylation sites is 2. The molecule has 0 saturated heterocycles. The van der Waals surface area contributed by atoms with E-state index >= 15 is 0 Å². The van der Waals surface area contributed by atoms with E-state index in [1.807, 2.05) is 18.2 Å². The fourth-order valence-corrected chi connectivity index (χ4v) is 4.48. The SMILES string of the molecule is CC(=O)Nc1ccccc1OC(=O)c1sc2ncn(Cc3ccccc3Cl)c(=O)c2c1C. The number of anilines is 1. The summed E-state index contributed by atoms with van der Waals surface area (Å²) < 4.78 is 6.99. The second-order valence-corrected chi connectivity index (χ2v) is 8.48. The van der Waals surface area contributed by atoms with Gasteiger partial charge in [0, 0.05) is 11.9 Å². The zero-order valence-corrected chi connectivity index (χ0v) is 18.8. The van der Waals surface area contributed by atoms with Crippen molar-refractivity contribution in [3.05, 3.63) is 86.2 Å². The molecule has 0 aliphatic rings. The number of rotatable bonds is 5. The highest BCUT2D eigenvalue weighted by Gasteiger charge is 2.22. The van der Waals surface area contributed by atoms with Crippen LogP contribution in [0.1, 0.15) is 27.7 Å². The quantitative estimate of drug-likeness (QED) is 0.341. The highest BCUT2D eigenvalue weighted by Crippen LogP contribution is 2.30. The topological polar surface area (TPSA) is 90.3 Å². The van der Waals surface area contributed by atoms with Gasteiger partial charge in [0.1, 0.15) is 9.71 Å². The minimum atomic E-state index is -0.625. The molecule has 0 aliphatic carbocycles. The molecule has 0 fully saturated rings. The summed E-state index contributed by atoms with van der Waals surface area (Å²) in [4.78, 5) is 42.5. The zero-order chi connectivity index (χ0) is 22.8. The van der Waals surface area contributed by atoms with E-state index in [1.165, 1.54) is 17.8 Å². The third kappa shape index (κ3) is 4.28. The molecule has 4 rings (SSSR count). The Morgan fingerprint density at radius 3 is 2.62 bits per heavy atom. The third-order valence-electron chi connectivity index (χ3n) is 4.80. The van der Waals surface area contributed by atoms with E-state index in [0.29, 0.717) is 26.5 Å². The van der Waals surface area contributed by atoms with Crippen LogP contribution in [-0.2, 0) is 11.3 Å². The molecule has 9 heteroatoms. The molecule has 4 aromatic rings. The van der Waals surface area contributed by atoms with E-state index in [0.717, 1.165) is 16.9 Å². The predicted octanol–water partition coefficient (Wildman–Crippen LogP) is 4.65. The van der Waals surface area contributed by atoms with Crippen LogP contribution in [0.15, 0.2) is 59.7 Å². The van der Waals surface area contributed by atoms with Gasteiger partial charge in [-0.25, -0.2) is 9.78 Å². The maximum absolute atomic E-state index is 13.1. The average Bonchev–Trinajstić information content (AvgIpc) is 3.10. The number of carbonyl (C=O) groups excluding carboxylic acids is 2. The molecule has 1 N–H and O–H groups in total. The van der Waals surface area contributed by atoms with Crippen molar-refractivity contribution in [3.8, 4) is 5.75 Å². The van der Waals surface area contributed by atoms with Gasteiger partial charge in [-0.1, -0.05) is 41.9 Å². The number of benzene rings is 2. The zero-order valence-electron chi connectivity index (χ0n) is 17.2. The van der Waals surface area contributed by atoms with E-state index in [9.17, 15) is 14.4 Å². The lowest BCUT2D eigenvalue weighted by Crippen LogP contribution is -2.21. The maximum atomic E-state index is 13.1. The van der Waals surface area contributed by atoms with Gasteiger partial charge < -0.3 is 10.1 Å². The fraction of sp³-hybridized carbons (Fsp3) is 0.130. The summed E-state index contributed by atoms with van der Waals surface area (Å²) in [5.41, 5.74) is 1.41. The number of hydrogen-bond acceptors (Lipinski definition) is 6. The van der Waals surface area contributed by atoms with Crippen molar-refractivity contribution in [2.75, 3.05) is 5.32 Å². The Kier molecular flexibility index (Phi) is 6.07. The lowest BCUT2D eigenvalue weighted by molar-refractivity contribution is -0.114. The van der Waals surface area contributed by atoms with Crippen molar-refractivity contribution < 1.29 is 14.3 Å². The van der Waals surface area contributed by atoms with Gasteiger partial charge in [-0.15, -0.1) is 11.3 Å². The summed E-state index contributed by atoms with van der Waals surface area (Å²) in [6, 6.07) is 13.9. The largest absolute Gasteiger partial charge is 0.420 e. The Balaban J connectivity index is 1.68. The molecular formula is C23H18ClN3O4S. The van der Waals surface area contributed by atoms with Gasteiger partial charge >= 0.3 is 5.97 Å². The molecule has 0 bridgehead atoms. The van der Waals surface area contributed by atoms with Crippen LogP contribution in [-0.4, -0.2) is 21.4 Å². The number of aryl methyl sites for hydroxylation is 1. The van der Waals surface area contributed by atoms with Crippen molar-refractivity contribution in [3.63, 3.8) is 0 Å². The van der Waals surface area contributed by atoms with Crippen LogP contribution in [0.2, 0.25) is 5.02 Å². The molecular weight excluding hydrogens is 450 g/mol. The van der Waals surface area contributed by atoms with Crippen LogP contribution in [0, 0.1) is 6.92 Å². The van der Waals surface area contributed by atoms with Crippen molar-refractivity contribution in [2.45, 2.75) is 20.4 Å². The second-order valence-electron chi connectivity index (χ2n) is 7.07. The summed E-state index contributed by atoms with van der Waals surface area (Å²) >= 11 is 7.31. The molecule has 0 atom stereocenters. The van der Waals surface area contributed by atoms with Crippen LogP contribution < -0.4 is 15.6 Å². The van der Waals surface area contributed by atoms with Gasteiger partial charge in [-0.05, 0) is 36.2 Å². The first-order valence-electron chi connectivity index (χ1n) is 9.66. The van der Waals surface area contributed by atoms with Crippen molar-refractivity contribution in [1.29, 1.82) is 0 Å². The molecule has 2 aromatic heterocycles. The molecule has 7 nitrogen and oxygen atoms in total. The number of esters is 1. The summed E-state index contributed by atoms with van der Waals surface area (Å²) in [6.45, 7) is 3.33. The van der Waals surface area contributed by atoms with E-state index in [1.54, 1.807) is 37.3 Å². The van der Waals surface area contributed by atoms with E-state index in [4.69, 9.17) is 16.3 Å². The summed E-state index contributed by atoms with van der Waals surface area (Å²) in [7, 11) is 0. The Morgan fingerprint density at radius 1 is 1.16 bits per heavy atom. The normalized spacial score (nSPS) is 10.8. The number of ether oxygens (including phenoxy) is 1. The van der Waals surface area contributed by atoms with E-state index < -0.39 is 5.97 Å². The van der Waals surface area contributed by atoms with Gasteiger partial charge in [0.2, 0.25) is 5.91 Å². The first kappa shape index (κ1) is 21.7. The Labute approximate surface area is 192 Å². The van der Waals surface area contributed by atoms with Crippen LogP contribution >= 0.6 is 22.9 Å². The van der Waals surface area contributed by atoms with Crippen LogP contribution in [0.5, 0.6) is 5.75 Å². The molecule has 1 amide bonds. The smallest absolute Gasteiger partial charge is 0.354 e. The molecule has 32 heavy (non-hydrogen) atoms. The molecule has 0 radical (unpaired) electrons. The third-order valence-corrected chi connectivity index (χ3v) is 6.35. The fourth-order valence-electron chi connectivity index (χ4n) is 3.27. The van der Waals surface area contributed by atoms with Gasteiger partial charge in [-0.3, -0.25) is 14.2 Å². The standard InChI is InChI=1S/C23H18ClN3O4S/c1-13-19-21(25-12-27(22(19)29)11-15-7-3-4-8-16(15)24)32-20(13)23(30)31-18-10-6-5-9-17(18)26-14(2)28/h3-10,12H,11H2,1-2H3,(H,26,28). The lowest BCUT2D eigenvalue weighted by atomic mass is 10.2. The van der Waals surface area contributed by atoms with Crippen LogP contribution in [0.3, 0.4) is 0 Å². The van der Waals surface area contributed by atoms with E-state index in [-0.39, 0.29) is 28.6 Å². The molecule has 0 spiro atoms. The highest BCUT2D eigenvalue weighted by atomic mass is 35.5. The number of fused-ring (bicyclic) bond motifs is 1. The Hall–Kier alpha value is -3.49. The number of thiophene rings is 1. The Morgan fingerprint density at radius 2 is 1.88 bits per heavy atom. The van der Waals surface area contributed by atoms with Gasteiger partial charge in [0.15, 0.2) is 5.75 Å². The number of amides is 1. The van der Waals surface area contributed by atoms with Crippen molar-refractivity contribution in [1.82, 2.24) is 9.55 Å². The van der Waals surface area contributed by atoms with Crippen LogP contribution in [0.4, 0.5) is 5.69 Å². The number of nitrogens with zero attached hydrogens (tertiary/aromatic N) is 2. The number of nitrogens with one attached hydrogen (secondary N) is 1. The number of aromatic nitrogens is 2. The predicted molar refractivity (Wildman–Crippen MR) is 125 cm³/mol. The van der Waals surface area contributed by atoms with Gasteiger partial charge in [0.05, 0.1) is 23.9 Å². The first-order valence-corrected chi connectivity index (χ1v) is 10.9. The van der Waals surface area contributed by atoms with Crippen molar-refractivity contribution >= 4 is 50.7 Å². The summed E-state index contributed by atoms with van der Waals surface area (Å²) in [5, 5.41) is 3.55. The van der Waals surface area contributed by atoms with E-state index in [2.05, 4.69) is 10.3 Å². The van der Waals surface area contributed by atoms with Gasteiger partial charge in [0.25, 0.3) is 5.56 Å². The minimum Gasteiger partial charge on any atom is -0.420 e. The maximum Gasteiger partial charge on any atom is 0.354 e. The summed E-state index contributed by atoms with van der Waals surface area (Å²) in [6.07, 6.45) is 1.45. The summed E-state index contributed by atoms with van der Waals surface area (Å²) in [5.74, 6) is -0.691. The molecule has 0 unspecified atom stereocenters. The molecule has 2 aromatic carbocycles. The Bertz CT molecular complexity index is 1410. The molecule has 162 valence electrons. The molecule has 2 heterocycles. The lowest BCUT2D eigenvalue weighted by Gasteiger charge is -2.09. The molecule has 0 aliphatic heterocycles. The highest BCUT2D eigenvalue weighted by molar-refractivity contribution is 7.20. The number of halogens is 1. The van der Waals surface area contributed by atoms with Crippen molar-refractivity contribution in [2.24, 2.45) is 0 Å². The average molecular weight is 468 g/mol. The minimum absolute atomic E-state index is 0.216. The number of carbonyl (C=O) groups is 2.